The molecule has 1 fully saturated rings. The van der Waals surface area contributed by atoms with E-state index in [0.29, 0.717) is 10.7 Å². The lowest BCUT2D eigenvalue weighted by molar-refractivity contribution is -0.117. The van der Waals surface area contributed by atoms with Gasteiger partial charge in [0, 0.05) is 23.1 Å². The van der Waals surface area contributed by atoms with Crippen molar-refractivity contribution in [3.63, 3.8) is 0 Å². The van der Waals surface area contributed by atoms with Gasteiger partial charge in [-0.3, -0.25) is 4.79 Å². The Balaban J connectivity index is 2.39. The van der Waals surface area contributed by atoms with Gasteiger partial charge in [-0.15, -0.1) is 0 Å². The van der Waals surface area contributed by atoms with E-state index < -0.39 is 15.3 Å². The monoisotopic (exact) mass is 366 g/mol. The van der Waals surface area contributed by atoms with Crippen molar-refractivity contribution in [2.24, 2.45) is 5.14 Å². The predicted octanol–water partition coefficient (Wildman–Crippen LogP) is 1.80. The average molecular weight is 368 g/mol. The molecule has 0 bridgehead atoms. The molecule has 0 radical (unpaired) electrons. The summed E-state index contributed by atoms with van der Waals surface area (Å²) in [7, 11) is -3.71. The van der Waals surface area contributed by atoms with Gasteiger partial charge >= 0.3 is 0 Å². The van der Waals surface area contributed by atoms with Gasteiger partial charge in [-0.1, -0.05) is 11.6 Å². The average Bonchev–Trinajstić information content (AvgIpc) is 2.65. The molecule has 1 saturated heterocycles. The lowest BCUT2D eigenvalue weighted by Crippen LogP contribution is -2.32. The molecule has 8 heteroatoms. The summed E-state index contributed by atoms with van der Waals surface area (Å²) >= 11 is 9.31. The summed E-state index contributed by atoms with van der Waals surface area (Å²) in [6, 6.07) is 3.43. The molecule has 19 heavy (non-hydrogen) atoms. The van der Waals surface area contributed by atoms with Crippen LogP contribution in [0.1, 0.15) is 12.0 Å². The highest BCUT2D eigenvalue weighted by molar-refractivity contribution is 9.10. The molecule has 1 aliphatic rings. The van der Waals surface area contributed by atoms with Gasteiger partial charge in [0.1, 0.15) is 5.25 Å². The Hall–Kier alpha value is -0.630. The van der Waals surface area contributed by atoms with Gasteiger partial charge in [0.05, 0.1) is 5.02 Å². The van der Waals surface area contributed by atoms with Crippen molar-refractivity contribution in [2.75, 3.05) is 11.4 Å². The van der Waals surface area contributed by atoms with Crippen LogP contribution in [-0.4, -0.2) is 26.1 Å². The van der Waals surface area contributed by atoms with E-state index in [9.17, 15) is 13.2 Å². The van der Waals surface area contributed by atoms with Gasteiger partial charge in [0.25, 0.3) is 0 Å². The van der Waals surface area contributed by atoms with E-state index in [2.05, 4.69) is 15.9 Å². The minimum Gasteiger partial charge on any atom is -0.311 e. The van der Waals surface area contributed by atoms with Crippen LogP contribution in [0.25, 0.3) is 0 Å². The number of carbonyl (C=O) groups excluding carboxylic acids is 1. The summed E-state index contributed by atoms with van der Waals surface area (Å²) in [5.74, 6) is -0.263. The minimum absolute atomic E-state index is 0.0659. The van der Waals surface area contributed by atoms with E-state index in [1.54, 1.807) is 12.1 Å². The summed E-state index contributed by atoms with van der Waals surface area (Å²) in [5, 5.41) is 4.70. The molecule has 2 N–H and O–H groups in total. The first-order valence-corrected chi connectivity index (χ1v) is 8.26. The fraction of sp³-hybridized carbons (Fsp3) is 0.364. The van der Waals surface area contributed by atoms with Gasteiger partial charge in [-0.25, -0.2) is 13.6 Å². The number of rotatable bonds is 2. The van der Waals surface area contributed by atoms with Crippen molar-refractivity contribution in [1.82, 2.24) is 0 Å². The van der Waals surface area contributed by atoms with Crippen molar-refractivity contribution >= 4 is 49.1 Å². The number of primary sulfonamides is 1. The number of hydrogen-bond acceptors (Lipinski definition) is 3. The molecule has 1 heterocycles. The van der Waals surface area contributed by atoms with Crippen LogP contribution < -0.4 is 10.0 Å². The lowest BCUT2D eigenvalue weighted by Gasteiger charge is -2.19. The largest absolute Gasteiger partial charge is 0.311 e. The lowest BCUT2D eigenvalue weighted by atomic mass is 10.2. The molecule has 0 spiro atoms. The maximum absolute atomic E-state index is 11.9. The first-order chi connectivity index (χ1) is 8.70. The second kappa shape index (κ2) is 5.05. The minimum atomic E-state index is -3.71. The summed E-state index contributed by atoms with van der Waals surface area (Å²) < 4.78 is 23.4. The highest BCUT2D eigenvalue weighted by Crippen LogP contribution is 2.33. The van der Waals surface area contributed by atoms with Crippen LogP contribution in [0.5, 0.6) is 0 Å². The number of anilines is 1. The topological polar surface area (TPSA) is 80.5 Å². The van der Waals surface area contributed by atoms with E-state index >= 15 is 0 Å². The highest BCUT2D eigenvalue weighted by atomic mass is 79.9. The zero-order valence-electron chi connectivity index (χ0n) is 10.1. The first kappa shape index (κ1) is 14.8. The molecule has 0 aromatic heterocycles. The predicted molar refractivity (Wildman–Crippen MR) is 77.8 cm³/mol. The van der Waals surface area contributed by atoms with E-state index in [1.807, 2.05) is 6.92 Å². The number of sulfonamides is 1. The van der Waals surface area contributed by atoms with Crippen molar-refractivity contribution in [1.29, 1.82) is 0 Å². The molecule has 1 unspecified atom stereocenters. The van der Waals surface area contributed by atoms with Crippen LogP contribution in [0.4, 0.5) is 5.69 Å². The van der Waals surface area contributed by atoms with E-state index in [1.165, 1.54) is 4.90 Å². The summed E-state index contributed by atoms with van der Waals surface area (Å²) in [5.41, 5.74) is 1.45. The second-order valence-corrected chi connectivity index (χ2v) is 7.58. The fourth-order valence-electron chi connectivity index (χ4n) is 2.05. The molecule has 1 aliphatic heterocycles. The third-order valence-electron chi connectivity index (χ3n) is 3.08. The number of nitrogens with zero attached hydrogens (tertiary/aromatic N) is 1. The molecular formula is C11H12BrClN2O3S. The highest BCUT2D eigenvalue weighted by Gasteiger charge is 2.37. The maximum Gasteiger partial charge on any atom is 0.228 e. The Kier molecular flexibility index (Phi) is 3.92. The number of aryl methyl sites for hydroxylation is 1. The number of hydrogen-bond donors (Lipinski definition) is 1. The Bertz CT molecular complexity index is 648. The number of halogens is 2. The molecular weight excluding hydrogens is 356 g/mol. The summed E-state index contributed by atoms with van der Waals surface area (Å²) in [6.45, 7) is 1.89. The summed E-state index contributed by atoms with van der Waals surface area (Å²) in [6.07, 6.45) is -0.0913. The van der Waals surface area contributed by atoms with Crippen LogP contribution in [0.15, 0.2) is 16.6 Å². The van der Waals surface area contributed by atoms with Crippen LogP contribution in [0.2, 0.25) is 5.02 Å². The molecule has 1 aromatic rings. The fourth-order valence-corrected chi connectivity index (χ4v) is 3.40. The molecule has 2 rings (SSSR count). The smallest absolute Gasteiger partial charge is 0.228 e. The quantitative estimate of drug-likeness (QED) is 0.865. The third kappa shape index (κ3) is 2.94. The number of nitrogens with two attached hydrogens (primary N) is 1. The molecule has 1 atom stereocenters. The van der Waals surface area contributed by atoms with Crippen LogP contribution in [0, 0.1) is 6.92 Å². The van der Waals surface area contributed by atoms with Gasteiger partial charge in [-0.05, 0) is 40.5 Å². The molecule has 0 saturated carbocycles. The van der Waals surface area contributed by atoms with Crippen molar-refractivity contribution < 1.29 is 13.2 Å². The molecule has 1 aromatic carbocycles. The Morgan fingerprint density at radius 1 is 1.47 bits per heavy atom. The Labute approximate surface area is 124 Å². The van der Waals surface area contributed by atoms with Gasteiger partial charge in [0.2, 0.25) is 15.9 Å². The van der Waals surface area contributed by atoms with Crippen LogP contribution in [0.3, 0.4) is 0 Å². The third-order valence-corrected chi connectivity index (χ3v) is 5.53. The zero-order valence-corrected chi connectivity index (χ0v) is 13.2. The first-order valence-electron chi connectivity index (χ1n) is 5.48. The van der Waals surface area contributed by atoms with E-state index in [0.717, 1.165) is 10.0 Å². The Morgan fingerprint density at radius 2 is 2.11 bits per heavy atom. The number of benzene rings is 1. The molecule has 0 aliphatic carbocycles. The number of carbonyl (C=O) groups is 1. The van der Waals surface area contributed by atoms with Crippen molar-refractivity contribution in [2.45, 2.75) is 18.6 Å². The maximum atomic E-state index is 11.9. The molecule has 104 valence electrons. The SMILES string of the molecule is Cc1cc(Br)c(Cl)cc1N1CC(S(N)(=O)=O)CC1=O. The second-order valence-electron chi connectivity index (χ2n) is 4.47. The van der Waals surface area contributed by atoms with Crippen molar-refractivity contribution in [3.05, 3.63) is 27.2 Å². The Morgan fingerprint density at radius 3 is 2.63 bits per heavy atom. The van der Waals surface area contributed by atoms with Gasteiger partial charge in [0.15, 0.2) is 0 Å². The normalized spacial score (nSPS) is 20.1. The van der Waals surface area contributed by atoms with Crippen molar-refractivity contribution in [3.8, 4) is 0 Å². The van der Waals surface area contributed by atoms with Crippen LogP contribution >= 0.6 is 27.5 Å². The van der Waals surface area contributed by atoms with E-state index in [-0.39, 0.29) is 18.9 Å². The molecule has 1 amide bonds. The standard InChI is InChI=1S/C11H12BrClN2O3S/c1-6-2-8(12)9(13)4-10(6)15-5-7(3-11(15)16)19(14,17)18/h2,4,7H,3,5H2,1H3,(H2,14,17,18). The summed E-state index contributed by atoms with van der Waals surface area (Å²) in [4.78, 5) is 13.4. The molecule has 5 nitrogen and oxygen atoms in total. The van der Waals surface area contributed by atoms with Gasteiger partial charge < -0.3 is 4.90 Å². The van der Waals surface area contributed by atoms with Gasteiger partial charge in [-0.2, -0.15) is 0 Å². The van der Waals surface area contributed by atoms with Crippen LogP contribution in [-0.2, 0) is 14.8 Å². The number of amides is 1. The zero-order chi connectivity index (χ0) is 14.4. The van der Waals surface area contributed by atoms with E-state index in [4.69, 9.17) is 16.7 Å².